The second kappa shape index (κ2) is 7.63. The van der Waals surface area contributed by atoms with Crippen molar-refractivity contribution in [2.45, 2.75) is 19.3 Å². The first-order valence-corrected chi connectivity index (χ1v) is 14.9. The fourth-order valence-corrected chi connectivity index (χ4v) is 8.21. The van der Waals surface area contributed by atoms with Gasteiger partial charge in [-0.05, 0) is 51.8 Å². The largest absolute Gasteiger partial charge is 0.310 e. The molecule has 2 nitrogen and oxygen atoms in total. The Hall–Kier alpha value is -5.02. The third-order valence-electron chi connectivity index (χ3n) is 10.2. The Morgan fingerprint density at radius 1 is 0.476 bits per heavy atom. The van der Waals surface area contributed by atoms with Crippen LogP contribution in [0.15, 0.2) is 127 Å². The van der Waals surface area contributed by atoms with Crippen LogP contribution < -0.4 is 16.4 Å². The fourth-order valence-electron chi connectivity index (χ4n) is 8.21. The number of fused-ring (bicyclic) bond motifs is 10. The number of para-hydroxylation sites is 4. The standard InChI is InChI=1S/C39H27BN2/c1-39(2,24-12-4-3-5-13-24)25-22-34-36-35(23-25)42-33-21-9-7-15-27(33)29-17-11-19-31(38(29)42)40(36)30-18-10-16-28-26-14-6-8-20-32(26)41(34)37(28)30/h3-23H,1-2H3. The van der Waals surface area contributed by atoms with Crippen LogP contribution in [0.2, 0.25) is 0 Å². The first-order chi connectivity index (χ1) is 20.6. The number of rotatable bonds is 2. The number of hydrogen-bond donors (Lipinski definition) is 0. The Morgan fingerprint density at radius 2 is 0.952 bits per heavy atom. The summed E-state index contributed by atoms with van der Waals surface area (Å²) in [6.07, 6.45) is 0. The van der Waals surface area contributed by atoms with E-state index in [-0.39, 0.29) is 12.1 Å². The average molecular weight is 534 g/mol. The zero-order valence-electron chi connectivity index (χ0n) is 23.6. The van der Waals surface area contributed by atoms with Crippen molar-refractivity contribution in [3.8, 4) is 11.4 Å². The van der Waals surface area contributed by atoms with Gasteiger partial charge >= 0.3 is 0 Å². The molecule has 42 heavy (non-hydrogen) atoms. The van der Waals surface area contributed by atoms with E-state index in [0.717, 1.165) is 0 Å². The van der Waals surface area contributed by atoms with Crippen molar-refractivity contribution in [2.75, 3.05) is 0 Å². The van der Waals surface area contributed by atoms with Gasteiger partial charge in [-0.1, -0.05) is 117 Å². The molecule has 0 atom stereocenters. The highest BCUT2D eigenvalue weighted by molar-refractivity contribution is 7.00. The molecule has 0 bridgehead atoms. The molecule has 2 aliphatic rings. The summed E-state index contributed by atoms with van der Waals surface area (Å²) >= 11 is 0. The summed E-state index contributed by atoms with van der Waals surface area (Å²) in [4.78, 5) is 0. The molecule has 0 N–H and O–H groups in total. The predicted molar refractivity (Wildman–Crippen MR) is 178 cm³/mol. The van der Waals surface area contributed by atoms with Crippen LogP contribution in [-0.2, 0) is 5.41 Å². The lowest BCUT2D eigenvalue weighted by atomic mass is 9.34. The molecule has 10 rings (SSSR count). The molecule has 4 heterocycles. The van der Waals surface area contributed by atoms with E-state index in [4.69, 9.17) is 0 Å². The highest BCUT2D eigenvalue weighted by atomic mass is 15.0. The molecular formula is C39H27BN2. The molecule has 0 saturated carbocycles. The molecule has 0 saturated heterocycles. The summed E-state index contributed by atoms with van der Waals surface area (Å²) in [6, 6.07) is 47.7. The summed E-state index contributed by atoms with van der Waals surface area (Å²) in [5.74, 6) is 0. The van der Waals surface area contributed by atoms with Crippen molar-refractivity contribution < 1.29 is 0 Å². The van der Waals surface area contributed by atoms with Gasteiger partial charge in [-0.25, -0.2) is 0 Å². The number of hydrogen-bond acceptors (Lipinski definition) is 0. The highest BCUT2D eigenvalue weighted by Gasteiger charge is 2.41. The van der Waals surface area contributed by atoms with Crippen LogP contribution in [0.1, 0.15) is 25.0 Å². The molecule has 6 aromatic carbocycles. The van der Waals surface area contributed by atoms with Crippen LogP contribution in [0, 0.1) is 0 Å². The smallest absolute Gasteiger partial charge is 0.252 e. The molecule has 2 aromatic heterocycles. The zero-order chi connectivity index (χ0) is 27.7. The lowest BCUT2D eigenvalue weighted by Gasteiger charge is -2.36. The van der Waals surface area contributed by atoms with Crippen LogP contribution >= 0.6 is 0 Å². The summed E-state index contributed by atoms with van der Waals surface area (Å²) in [5, 5.41) is 5.30. The first kappa shape index (κ1) is 22.6. The molecule has 0 fully saturated rings. The summed E-state index contributed by atoms with van der Waals surface area (Å²) < 4.78 is 5.13. The lowest BCUT2D eigenvalue weighted by Crippen LogP contribution is -2.59. The SMILES string of the molecule is CC(C)(c1ccccc1)c1cc2c3c(c1)-n1c4ccccc4c4cccc(c41)B3c1cccc3c4ccccc4n-2c13. The van der Waals surface area contributed by atoms with E-state index in [0.29, 0.717) is 0 Å². The van der Waals surface area contributed by atoms with Crippen LogP contribution in [-0.4, -0.2) is 15.8 Å². The molecule has 0 spiro atoms. The van der Waals surface area contributed by atoms with Crippen LogP contribution in [0.4, 0.5) is 0 Å². The Balaban J connectivity index is 1.45. The molecule has 0 unspecified atom stereocenters. The third kappa shape index (κ3) is 2.59. The van der Waals surface area contributed by atoms with Crippen molar-refractivity contribution in [1.29, 1.82) is 0 Å². The molecular weight excluding hydrogens is 507 g/mol. The van der Waals surface area contributed by atoms with Gasteiger partial charge in [-0.15, -0.1) is 0 Å². The Labute approximate surface area is 244 Å². The van der Waals surface area contributed by atoms with E-state index in [2.05, 4.69) is 150 Å². The van der Waals surface area contributed by atoms with Crippen LogP contribution in [0.25, 0.3) is 55.0 Å². The van der Waals surface area contributed by atoms with Crippen molar-refractivity contribution in [2.24, 2.45) is 0 Å². The molecule has 0 amide bonds. The molecule has 3 heteroatoms. The van der Waals surface area contributed by atoms with Crippen molar-refractivity contribution >= 4 is 66.7 Å². The summed E-state index contributed by atoms with van der Waals surface area (Å²) in [5.41, 5.74) is 14.5. The van der Waals surface area contributed by atoms with Gasteiger partial charge in [-0.3, -0.25) is 0 Å². The van der Waals surface area contributed by atoms with Gasteiger partial charge in [-0.2, -0.15) is 0 Å². The maximum absolute atomic E-state index is 2.57. The van der Waals surface area contributed by atoms with Crippen LogP contribution in [0.5, 0.6) is 0 Å². The monoisotopic (exact) mass is 534 g/mol. The fraction of sp³-hybridized carbons (Fsp3) is 0.0769. The van der Waals surface area contributed by atoms with Gasteiger partial charge in [0.25, 0.3) is 6.71 Å². The van der Waals surface area contributed by atoms with E-state index < -0.39 is 0 Å². The number of benzene rings is 6. The molecule has 0 radical (unpaired) electrons. The minimum absolute atomic E-state index is 0.171. The van der Waals surface area contributed by atoms with Gasteiger partial charge in [0, 0.05) is 49.4 Å². The zero-order valence-corrected chi connectivity index (χ0v) is 23.6. The van der Waals surface area contributed by atoms with Gasteiger partial charge in [0.05, 0.1) is 11.0 Å². The highest BCUT2D eigenvalue weighted by Crippen LogP contribution is 2.41. The van der Waals surface area contributed by atoms with E-state index in [9.17, 15) is 0 Å². The molecule has 0 aliphatic carbocycles. The molecule has 2 aliphatic heterocycles. The Kier molecular flexibility index (Phi) is 4.11. The number of nitrogens with zero attached hydrogens (tertiary/aromatic N) is 2. The van der Waals surface area contributed by atoms with E-state index in [1.807, 2.05) is 0 Å². The Bertz CT molecular complexity index is 2300. The normalized spacial score (nSPS) is 13.4. The summed E-state index contributed by atoms with van der Waals surface area (Å²) in [7, 11) is 0. The van der Waals surface area contributed by atoms with Crippen molar-refractivity contribution in [3.63, 3.8) is 0 Å². The van der Waals surface area contributed by atoms with Crippen molar-refractivity contribution in [3.05, 3.63) is 139 Å². The van der Waals surface area contributed by atoms with Gasteiger partial charge in [0.15, 0.2) is 0 Å². The minimum Gasteiger partial charge on any atom is -0.310 e. The van der Waals surface area contributed by atoms with Gasteiger partial charge in [0.2, 0.25) is 0 Å². The minimum atomic E-state index is -0.180. The van der Waals surface area contributed by atoms with Gasteiger partial charge in [0.1, 0.15) is 0 Å². The van der Waals surface area contributed by atoms with Crippen molar-refractivity contribution in [1.82, 2.24) is 9.13 Å². The maximum Gasteiger partial charge on any atom is 0.252 e. The van der Waals surface area contributed by atoms with E-state index in [1.54, 1.807) is 0 Å². The maximum atomic E-state index is 2.57. The summed E-state index contributed by atoms with van der Waals surface area (Å²) in [6.45, 7) is 4.91. The first-order valence-electron chi connectivity index (χ1n) is 14.9. The average Bonchev–Trinajstić information content (AvgIpc) is 3.56. The topological polar surface area (TPSA) is 9.86 Å². The quantitative estimate of drug-likeness (QED) is 0.205. The second-order valence-corrected chi connectivity index (χ2v) is 12.5. The third-order valence-corrected chi connectivity index (χ3v) is 10.2. The Morgan fingerprint density at radius 3 is 1.50 bits per heavy atom. The molecule has 196 valence electrons. The predicted octanol–water partition coefficient (Wildman–Crippen LogP) is 7.35. The van der Waals surface area contributed by atoms with E-state index >= 15 is 0 Å². The van der Waals surface area contributed by atoms with E-state index in [1.165, 1.54) is 82.5 Å². The van der Waals surface area contributed by atoms with Gasteiger partial charge < -0.3 is 9.13 Å². The van der Waals surface area contributed by atoms with Crippen LogP contribution in [0.3, 0.4) is 0 Å². The molecule has 8 aromatic rings. The number of aromatic nitrogens is 2. The second-order valence-electron chi connectivity index (χ2n) is 12.5. The lowest BCUT2D eigenvalue weighted by molar-refractivity contribution is 0.640.